The lowest BCUT2D eigenvalue weighted by Crippen LogP contribution is -2.39. The molecule has 1 atom stereocenters. The predicted molar refractivity (Wildman–Crippen MR) is 87.5 cm³/mol. The van der Waals surface area contributed by atoms with Gasteiger partial charge in [0, 0.05) is 5.02 Å². The average molecular weight is 336 g/mol. The Morgan fingerprint density at radius 2 is 1.70 bits per heavy atom. The largest absolute Gasteiger partial charge is 0.508 e. The molecule has 0 saturated carbocycles. The van der Waals surface area contributed by atoms with Gasteiger partial charge >= 0.3 is 6.09 Å². The van der Waals surface area contributed by atoms with Crippen LogP contribution in [0, 0.1) is 0 Å². The SMILES string of the molecule is O=C(NC(CO)Cc1ccc(O)cc1)OCc1ccc(Cl)cc1. The van der Waals surface area contributed by atoms with E-state index in [4.69, 9.17) is 16.3 Å². The number of aromatic hydroxyl groups is 1. The van der Waals surface area contributed by atoms with Gasteiger partial charge in [-0.1, -0.05) is 35.9 Å². The third-order valence-corrected chi connectivity index (χ3v) is 3.50. The van der Waals surface area contributed by atoms with Crippen LogP contribution in [0.15, 0.2) is 48.5 Å². The van der Waals surface area contributed by atoms with E-state index in [0.717, 1.165) is 11.1 Å². The summed E-state index contributed by atoms with van der Waals surface area (Å²) in [6.45, 7) is -0.0860. The van der Waals surface area contributed by atoms with E-state index in [0.29, 0.717) is 11.4 Å². The van der Waals surface area contributed by atoms with E-state index >= 15 is 0 Å². The second-order valence-electron chi connectivity index (χ2n) is 5.10. The van der Waals surface area contributed by atoms with Gasteiger partial charge in [0.1, 0.15) is 12.4 Å². The smallest absolute Gasteiger partial charge is 0.407 e. The van der Waals surface area contributed by atoms with Crippen molar-refractivity contribution in [2.45, 2.75) is 19.1 Å². The average Bonchev–Trinajstić information content (AvgIpc) is 2.55. The molecule has 0 aliphatic carbocycles. The molecule has 122 valence electrons. The predicted octanol–water partition coefficient (Wildman–Crippen LogP) is 2.88. The number of hydrogen-bond donors (Lipinski definition) is 3. The number of phenolic OH excluding ortho intramolecular Hbond substituents is 1. The van der Waals surface area contributed by atoms with E-state index in [1.165, 1.54) is 0 Å². The molecule has 0 fully saturated rings. The number of hydrogen-bond acceptors (Lipinski definition) is 4. The molecular formula is C17H18ClNO4. The molecule has 0 radical (unpaired) electrons. The van der Waals surface area contributed by atoms with Crippen LogP contribution < -0.4 is 5.32 Å². The second kappa shape index (κ2) is 8.41. The fourth-order valence-corrected chi connectivity index (χ4v) is 2.14. The van der Waals surface area contributed by atoms with E-state index in [1.807, 2.05) is 0 Å². The molecule has 6 heteroatoms. The highest BCUT2D eigenvalue weighted by Gasteiger charge is 2.13. The van der Waals surface area contributed by atoms with Crippen LogP contribution in [-0.4, -0.2) is 29.0 Å². The summed E-state index contributed by atoms with van der Waals surface area (Å²) in [4.78, 5) is 11.8. The number of benzene rings is 2. The number of phenols is 1. The Labute approximate surface area is 139 Å². The van der Waals surface area contributed by atoms with E-state index in [9.17, 15) is 15.0 Å². The van der Waals surface area contributed by atoms with Gasteiger partial charge in [-0.05, 0) is 41.8 Å². The monoisotopic (exact) mass is 335 g/mol. The van der Waals surface area contributed by atoms with Gasteiger partial charge in [-0.15, -0.1) is 0 Å². The second-order valence-corrected chi connectivity index (χ2v) is 5.53. The maximum Gasteiger partial charge on any atom is 0.407 e. The summed E-state index contributed by atoms with van der Waals surface area (Å²) in [7, 11) is 0. The number of ether oxygens (including phenoxy) is 1. The summed E-state index contributed by atoms with van der Waals surface area (Å²) >= 11 is 5.79. The van der Waals surface area contributed by atoms with Crippen molar-refractivity contribution in [3.05, 3.63) is 64.7 Å². The number of aliphatic hydroxyl groups is 1. The van der Waals surface area contributed by atoms with Gasteiger partial charge in [0.25, 0.3) is 0 Å². The molecule has 0 spiro atoms. The Hall–Kier alpha value is -2.24. The minimum absolute atomic E-state index is 0.125. The molecule has 0 bridgehead atoms. The molecule has 2 aromatic rings. The van der Waals surface area contributed by atoms with Crippen molar-refractivity contribution in [3.63, 3.8) is 0 Å². The number of alkyl carbamates (subject to hydrolysis) is 1. The van der Waals surface area contributed by atoms with Crippen LogP contribution in [0.1, 0.15) is 11.1 Å². The van der Waals surface area contributed by atoms with E-state index in [1.54, 1.807) is 48.5 Å². The molecule has 0 saturated heterocycles. The highest BCUT2D eigenvalue weighted by Crippen LogP contribution is 2.12. The van der Waals surface area contributed by atoms with Crippen molar-refractivity contribution in [2.24, 2.45) is 0 Å². The van der Waals surface area contributed by atoms with Crippen LogP contribution in [0.2, 0.25) is 5.02 Å². The van der Waals surface area contributed by atoms with Crippen molar-refractivity contribution in [3.8, 4) is 5.75 Å². The van der Waals surface area contributed by atoms with Gasteiger partial charge < -0.3 is 20.3 Å². The maximum absolute atomic E-state index is 11.8. The summed E-state index contributed by atoms with van der Waals surface area (Å²) in [5.41, 5.74) is 1.71. The molecule has 0 heterocycles. The van der Waals surface area contributed by atoms with Crippen molar-refractivity contribution in [1.29, 1.82) is 0 Å². The van der Waals surface area contributed by atoms with Crippen molar-refractivity contribution >= 4 is 17.7 Å². The highest BCUT2D eigenvalue weighted by molar-refractivity contribution is 6.30. The normalized spacial score (nSPS) is 11.7. The first kappa shape index (κ1) is 17.1. The molecule has 2 rings (SSSR count). The summed E-state index contributed by atoms with van der Waals surface area (Å²) in [5.74, 6) is 0.171. The van der Waals surface area contributed by atoms with Crippen molar-refractivity contribution in [2.75, 3.05) is 6.61 Å². The van der Waals surface area contributed by atoms with Gasteiger partial charge in [-0.3, -0.25) is 0 Å². The number of carbonyl (C=O) groups is 1. The molecule has 0 aliphatic rings. The Morgan fingerprint density at radius 1 is 1.09 bits per heavy atom. The van der Waals surface area contributed by atoms with Crippen LogP contribution >= 0.6 is 11.6 Å². The van der Waals surface area contributed by atoms with Gasteiger partial charge in [-0.25, -0.2) is 4.79 Å². The van der Waals surface area contributed by atoms with Gasteiger partial charge in [0.05, 0.1) is 12.6 Å². The van der Waals surface area contributed by atoms with Crippen LogP contribution in [0.3, 0.4) is 0 Å². The number of amides is 1. The van der Waals surface area contributed by atoms with Crippen LogP contribution in [-0.2, 0) is 17.8 Å². The van der Waals surface area contributed by atoms with Crippen molar-refractivity contribution in [1.82, 2.24) is 5.32 Å². The van der Waals surface area contributed by atoms with Crippen LogP contribution in [0.4, 0.5) is 4.79 Å². The number of aliphatic hydroxyl groups excluding tert-OH is 1. The summed E-state index contributed by atoms with van der Waals surface area (Å²) in [5, 5.41) is 21.8. The number of carbonyl (C=O) groups excluding carboxylic acids is 1. The standard InChI is InChI=1S/C17H18ClNO4/c18-14-5-1-13(2-6-14)11-23-17(22)19-15(10-20)9-12-3-7-16(21)8-4-12/h1-8,15,20-21H,9-11H2,(H,19,22). The van der Waals surface area contributed by atoms with Crippen LogP contribution in [0.5, 0.6) is 5.75 Å². The molecule has 1 amide bonds. The molecule has 1 unspecified atom stereocenters. The lowest BCUT2D eigenvalue weighted by molar-refractivity contribution is 0.129. The third-order valence-electron chi connectivity index (χ3n) is 3.24. The molecule has 0 aromatic heterocycles. The Balaban J connectivity index is 1.82. The van der Waals surface area contributed by atoms with E-state index in [2.05, 4.69) is 5.32 Å². The Morgan fingerprint density at radius 3 is 2.30 bits per heavy atom. The fraction of sp³-hybridized carbons (Fsp3) is 0.235. The zero-order chi connectivity index (χ0) is 16.7. The number of nitrogens with one attached hydrogen (secondary N) is 1. The Kier molecular flexibility index (Phi) is 6.26. The molecular weight excluding hydrogens is 318 g/mol. The zero-order valence-electron chi connectivity index (χ0n) is 12.4. The summed E-state index contributed by atoms with van der Waals surface area (Å²) in [6, 6.07) is 13.1. The van der Waals surface area contributed by atoms with Gasteiger partial charge in [0.2, 0.25) is 0 Å². The lowest BCUT2D eigenvalue weighted by atomic mass is 10.1. The minimum atomic E-state index is -0.599. The first-order valence-electron chi connectivity index (χ1n) is 7.13. The van der Waals surface area contributed by atoms with Gasteiger partial charge in [-0.2, -0.15) is 0 Å². The molecule has 3 N–H and O–H groups in total. The summed E-state index contributed by atoms with van der Waals surface area (Å²) < 4.78 is 5.11. The molecule has 0 aliphatic heterocycles. The fourth-order valence-electron chi connectivity index (χ4n) is 2.02. The number of halogens is 1. The maximum atomic E-state index is 11.8. The first-order chi connectivity index (χ1) is 11.1. The first-order valence-corrected chi connectivity index (χ1v) is 7.51. The summed E-state index contributed by atoms with van der Waals surface area (Å²) in [6.07, 6.45) is -0.162. The zero-order valence-corrected chi connectivity index (χ0v) is 13.2. The Bertz CT molecular complexity index is 628. The van der Waals surface area contributed by atoms with Crippen LogP contribution in [0.25, 0.3) is 0 Å². The molecule has 2 aromatic carbocycles. The van der Waals surface area contributed by atoms with E-state index < -0.39 is 12.1 Å². The molecule has 23 heavy (non-hydrogen) atoms. The third kappa shape index (κ3) is 5.81. The quantitative estimate of drug-likeness (QED) is 0.758. The van der Waals surface area contributed by atoms with Crippen molar-refractivity contribution < 1.29 is 19.7 Å². The highest BCUT2D eigenvalue weighted by atomic mass is 35.5. The van der Waals surface area contributed by atoms with Gasteiger partial charge in [0.15, 0.2) is 0 Å². The topological polar surface area (TPSA) is 78.8 Å². The number of rotatable bonds is 6. The molecule has 5 nitrogen and oxygen atoms in total. The lowest BCUT2D eigenvalue weighted by Gasteiger charge is -2.16. The van der Waals surface area contributed by atoms with E-state index in [-0.39, 0.29) is 19.0 Å². The minimum Gasteiger partial charge on any atom is -0.508 e.